The summed E-state index contributed by atoms with van der Waals surface area (Å²) in [4.78, 5) is 26.3. The van der Waals surface area contributed by atoms with Gasteiger partial charge >= 0.3 is 0 Å². The average molecular weight is 204 g/mol. The highest BCUT2D eigenvalue weighted by molar-refractivity contribution is 5.77. The van der Waals surface area contributed by atoms with Crippen LogP contribution < -0.4 is 0 Å². The van der Waals surface area contributed by atoms with Crippen LogP contribution in [0, 0.1) is 16.0 Å². The van der Waals surface area contributed by atoms with E-state index in [2.05, 4.69) is 4.84 Å². The Morgan fingerprint density at radius 3 is 2.43 bits per heavy atom. The van der Waals surface area contributed by atoms with Gasteiger partial charge < -0.3 is 0 Å². The van der Waals surface area contributed by atoms with E-state index in [-0.39, 0.29) is 5.91 Å². The summed E-state index contributed by atoms with van der Waals surface area (Å²) in [5.74, 6) is -1.05. The molecule has 0 aliphatic rings. The molecule has 82 valence electrons. The average Bonchev–Trinajstić information content (AvgIpc) is 2.15. The molecule has 0 aromatic rings. The maximum Gasteiger partial charge on any atom is 0.255 e. The predicted octanol–water partition coefficient (Wildman–Crippen LogP) is 0.698. The third kappa shape index (κ3) is 2.95. The number of hydrogen-bond donors (Lipinski definition) is 0. The van der Waals surface area contributed by atoms with Crippen molar-refractivity contribution in [3.8, 4) is 0 Å². The Kier molecular flexibility index (Phi) is 5.07. The van der Waals surface area contributed by atoms with Gasteiger partial charge in [-0.05, 0) is 6.92 Å². The van der Waals surface area contributed by atoms with Crippen LogP contribution >= 0.6 is 0 Å². The van der Waals surface area contributed by atoms with Crippen LogP contribution in [0.2, 0.25) is 0 Å². The lowest BCUT2D eigenvalue weighted by molar-refractivity contribution is -0.529. The summed E-state index contributed by atoms with van der Waals surface area (Å²) in [6.45, 7) is 3.22. The highest BCUT2D eigenvalue weighted by atomic mass is 16.7. The molecule has 6 nitrogen and oxygen atoms in total. The molecule has 0 saturated carbocycles. The first-order valence-corrected chi connectivity index (χ1v) is 4.40. The molecule has 2 unspecified atom stereocenters. The van der Waals surface area contributed by atoms with E-state index in [1.807, 2.05) is 0 Å². The van der Waals surface area contributed by atoms with E-state index in [4.69, 9.17) is 0 Å². The number of carbonyl (C=O) groups is 1. The van der Waals surface area contributed by atoms with E-state index in [0.717, 1.165) is 5.06 Å². The van der Waals surface area contributed by atoms with Gasteiger partial charge in [-0.25, -0.2) is 5.06 Å². The van der Waals surface area contributed by atoms with Gasteiger partial charge in [-0.2, -0.15) is 0 Å². The quantitative estimate of drug-likeness (QED) is 0.488. The first-order chi connectivity index (χ1) is 6.45. The minimum atomic E-state index is -0.847. The second kappa shape index (κ2) is 5.54. The summed E-state index contributed by atoms with van der Waals surface area (Å²) in [5.41, 5.74) is 0. The van der Waals surface area contributed by atoms with Gasteiger partial charge in [0.2, 0.25) is 6.04 Å². The highest BCUT2D eigenvalue weighted by Gasteiger charge is 2.33. The molecular weight excluding hydrogens is 188 g/mol. The minimum absolute atomic E-state index is 0.331. The van der Waals surface area contributed by atoms with E-state index in [1.165, 1.54) is 21.1 Å². The standard InChI is InChI=1S/C8H16N2O4/c1-5-7(10(12)13)6(2)8(11)9(3)14-4/h6-7H,5H2,1-4H3. The molecule has 0 aliphatic carbocycles. The van der Waals surface area contributed by atoms with Gasteiger partial charge in [0.1, 0.15) is 5.92 Å². The topological polar surface area (TPSA) is 72.7 Å². The van der Waals surface area contributed by atoms with Crippen LogP contribution in [-0.2, 0) is 9.63 Å². The lowest BCUT2D eigenvalue weighted by atomic mass is 9.99. The fraction of sp³-hybridized carbons (Fsp3) is 0.875. The molecule has 0 heterocycles. The van der Waals surface area contributed by atoms with Crippen molar-refractivity contribution >= 4 is 5.91 Å². The summed E-state index contributed by atoms with van der Waals surface area (Å²) >= 11 is 0. The summed E-state index contributed by atoms with van der Waals surface area (Å²) in [5, 5.41) is 11.6. The first-order valence-electron chi connectivity index (χ1n) is 4.40. The van der Waals surface area contributed by atoms with Crippen molar-refractivity contribution in [2.24, 2.45) is 5.92 Å². The summed E-state index contributed by atoms with van der Waals surface area (Å²) in [6, 6.07) is -0.847. The van der Waals surface area contributed by atoms with Crippen LogP contribution in [0.3, 0.4) is 0 Å². The SMILES string of the molecule is CCC(C(C)C(=O)N(C)OC)[N+](=O)[O-]. The van der Waals surface area contributed by atoms with Crippen molar-refractivity contribution in [1.29, 1.82) is 0 Å². The van der Waals surface area contributed by atoms with E-state index >= 15 is 0 Å². The summed E-state index contributed by atoms with van der Waals surface area (Å²) < 4.78 is 0. The molecule has 0 spiro atoms. The van der Waals surface area contributed by atoms with E-state index in [0.29, 0.717) is 6.42 Å². The molecule has 1 amide bonds. The predicted molar refractivity (Wildman–Crippen MR) is 50.0 cm³/mol. The Hall–Kier alpha value is -1.17. The number of nitro groups is 1. The summed E-state index contributed by atoms with van der Waals surface area (Å²) in [7, 11) is 2.78. The number of nitrogens with zero attached hydrogens (tertiary/aromatic N) is 2. The molecule has 0 aliphatic heterocycles. The zero-order valence-corrected chi connectivity index (χ0v) is 8.89. The lowest BCUT2D eigenvalue weighted by Crippen LogP contribution is -2.39. The minimum Gasteiger partial charge on any atom is -0.275 e. The van der Waals surface area contributed by atoms with Crippen LogP contribution in [0.15, 0.2) is 0 Å². The Morgan fingerprint density at radius 2 is 2.14 bits per heavy atom. The maximum absolute atomic E-state index is 11.5. The lowest BCUT2D eigenvalue weighted by Gasteiger charge is -2.20. The first kappa shape index (κ1) is 12.8. The molecule has 0 aromatic heterocycles. The fourth-order valence-corrected chi connectivity index (χ4v) is 1.23. The molecule has 0 radical (unpaired) electrons. The molecule has 0 rings (SSSR count). The maximum atomic E-state index is 11.5. The number of rotatable bonds is 5. The smallest absolute Gasteiger partial charge is 0.255 e. The van der Waals surface area contributed by atoms with Crippen molar-refractivity contribution in [3.05, 3.63) is 10.1 Å². The van der Waals surface area contributed by atoms with Gasteiger partial charge in [0.05, 0.1) is 7.11 Å². The molecule has 0 saturated heterocycles. The molecule has 0 N–H and O–H groups in total. The Bertz CT molecular complexity index is 219. The third-order valence-corrected chi connectivity index (χ3v) is 2.24. The van der Waals surface area contributed by atoms with Crippen LogP contribution in [0.25, 0.3) is 0 Å². The monoisotopic (exact) mass is 204 g/mol. The van der Waals surface area contributed by atoms with Crippen molar-refractivity contribution in [1.82, 2.24) is 5.06 Å². The molecule has 0 bridgehead atoms. The Balaban J connectivity index is 4.49. The van der Waals surface area contributed by atoms with Crippen LogP contribution in [0.5, 0.6) is 0 Å². The number of hydroxylamine groups is 2. The normalized spacial score (nSPS) is 14.6. The molecule has 2 atom stereocenters. The zero-order valence-electron chi connectivity index (χ0n) is 8.89. The zero-order chi connectivity index (χ0) is 11.3. The van der Waals surface area contributed by atoms with Crippen LogP contribution in [-0.4, -0.2) is 36.1 Å². The van der Waals surface area contributed by atoms with Gasteiger partial charge in [0, 0.05) is 18.4 Å². The van der Waals surface area contributed by atoms with Crippen molar-refractivity contribution < 1.29 is 14.6 Å². The highest BCUT2D eigenvalue weighted by Crippen LogP contribution is 2.13. The molecule has 0 aromatic carbocycles. The molecular formula is C8H16N2O4. The third-order valence-electron chi connectivity index (χ3n) is 2.24. The molecule has 6 heteroatoms. The molecule has 0 fully saturated rings. The second-order valence-electron chi connectivity index (χ2n) is 3.07. The van der Waals surface area contributed by atoms with Crippen molar-refractivity contribution in [2.45, 2.75) is 26.3 Å². The van der Waals surface area contributed by atoms with Crippen molar-refractivity contribution in [2.75, 3.05) is 14.2 Å². The number of amides is 1. The van der Waals surface area contributed by atoms with Gasteiger partial charge in [-0.15, -0.1) is 0 Å². The molecule has 14 heavy (non-hydrogen) atoms. The summed E-state index contributed by atoms with van der Waals surface area (Å²) in [6.07, 6.45) is 0.331. The van der Waals surface area contributed by atoms with Gasteiger partial charge in [-0.1, -0.05) is 6.92 Å². The Morgan fingerprint density at radius 1 is 1.64 bits per heavy atom. The van der Waals surface area contributed by atoms with Crippen LogP contribution in [0.4, 0.5) is 0 Å². The largest absolute Gasteiger partial charge is 0.275 e. The van der Waals surface area contributed by atoms with Crippen LogP contribution in [0.1, 0.15) is 20.3 Å². The number of hydrogen-bond acceptors (Lipinski definition) is 4. The van der Waals surface area contributed by atoms with Gasteiger partial charge in [0.15, 0.2) is 0 Å². The Labute approximate surface area is 82.9 Å². The van der Waals surface area contributed by atoms with E-state index in [1.54, 1.807) is 6.92 Å². The number of carbonyl (C=O) groups excluding carboxylic acids is 1. The fourth-order valence-electron chi connectivity index (χ4n) is 1.23. The second-order valence-corrected chi connectivity index (χ2v) is 3.07. The van der Waals surface area contributed by atoms with E-state index in [9.17, 15) is 14.9 Å². The van der Waals surface area contributed by atoms with Gasteiger partial charge in [-0.3, -0.25) is 19.7 Å². The van der Waals surface area contributed by atoms with Crippen molar-refractivity contribution in [3.63, 3.8) is 0 Å². The van der Waals surface area contributed by atoms with Gasteiger partial charge in [0.25, 0.3) is 5.91 Å². The van der Waals surface area contributed by atoms with E-state index < -0.39 is 16.9 Å².